The van der Waals surface area contributed by atoms with Gasteiger partial charge in [0.25, 0.3) is 0 Å². The number of benzene rings is 1. The lowest BCUT2D eigenvalue weighted by molar-refractivity contribution is 0.0583. The Balaban J connectivity index is 2.12. The largest absolute Gasteiger partial charge is 0.381 e. The Kier molecular flexibility index (Phi) is 3.95. The van der Waals surface area contributed by atoms with E-state index >= 15 is 0 Å². The summed E-state index contributed by atoms with van der Waals surface area (Å²) >= 11 is 3.14. The third kappa shape index (κ3) is 2.62. The monoisotopic (exact) mass is 287 g/mol. The lowest BCUT2D eigenvalue weighted by atomic mass is 9.88. The van der Waals surface area contributed by atoms with E-state index in [2.05, 4.69) is 15.9 Å². The van der Waals surface area contributed by atoms with Crippen LogP contribution in [0.15, 0.2) is 22.7 Å². The van der Waals surface area contributed by atoms with Gasteiger partial charge in [-0.15, -0.1) is 0 Å². The minimum Gasteiger partial charge on any atom is -0.381 e. The average molecular weight is 288 g/mol. The molecule has 88 valence electrons. The summed E-state index contributed by atoms with van der Waals surface area (Å²) < 4.78 is 19.2. The van der Waals surface area contributed by atoms with Gasteiger partial charge in [-0.1, -0.05) is 6.07 Å². The predicted octanol–water partition coefficient (Wildman–Crippen LogP) is 3.01. The minimum absolute atomic E-state index is 0.0912. The molecule has 1 saturated heterocycles. The summed E-state index contributed by atoms with van der Waals surface area (Å²) in [5, 5.41) is 0. The molecule has 1 atom stereocenters. The van der Waals surface area contributed by atoms with Gasteiger partial charge in [0.1, 0.15) is 5.82 Å². The second-order valence-electron chi connectivity index (χ2n) is 4.15. The molecule has 0 saturated carbocycles. The molecule has 0 aliphatic carbocycles. The van der Waals surface area contributed by atoms with Crippen molar-refractivity contribution < 1.29 is 9.13 Å². The standard InChI is InChI=1S/C12H15BrFNO/c13-10-2-1-9(7-11(10)14)12(15)8-3-5-16-6-4-8/h1-2,7-8,12H,3-6,15H2/t12-/m0/s1. The van der Waals surface area contributed by atoms with E-state index < -0.39 is 0 Å². The van der Waals surface area contributed by atoms with Crippen LogP contribution in [0.25, 0.3) is 0 Å². The predicted molar refractivity (Wildman–Crippen MR) is 64.6 cm³/mol. The van der Waals surface area contributed by atoms with Gasteiger partial charge in [0.05, 0.1) is 4.47 Å². The molecule has 0 aromatic heterocycles. The average Bonchev–Trinajstić information content (AvgIpc) is 2.33. The lowest BCUT2D eigenvalue weighted by Crippen LogP contribution is -2.27. The van der Waals surface area contributed by atoms with Crippen molar-refractivity contribution in [3.63, 3.8) is 0 Å². The van der Waals surface area contributed by atoms with E-state index in [4.69, 9.17) is 10.5 Å². The highest BCUT2D eigenvalue weighted by Crippen LogP contribution is 2.29. The molecule has 1 aromatic carbocycles. The van der Waals surface area contributed by atoms with Crippen molar-refractivity contribution in [1.82, 2.24) is 0 Å². The van der Waals surface area contributed by atoms with Crippen LogP contribution in [0.4, 0.5) is 4.39 Å². The smallest absolute Gasteiger partial charge is 0.137 e. The topological polar surface area (TPSA) is 35.2 Å². The quantitative estimate of drug-likeness (QED) is 0.908. The van der Waals surface area contributed by atoms with Crippen molar-refractivity contribution in [3.05, 3.63) is 34.1 Å². The highest BCUT2D eigenvalue weighted by Gasteiger charge is 2.22. The van der Waals surface area contributed by atoms with Gasteiger partial charge in [-0.3, -0.25) is 0 Å². The van der Waals surface area contributed by atoms with Crippen molar-refractivity contribution in [2.24, 2.45) is 11.7 Å². The van der Waals surface area contributed by atoms with Gasteiger partial charge in [0.15, 0.2) is 0 Å². The third-order valence-corrected chi connectivity index (χ3v) is 3.75. The van der Waals surface area contributed by atoms with Gasteiger partial charge in [-0.2, -0.15) is 0 Å². The molecular weight excluding hydrogens is 273 g/mol. The first kappa shape index (κ1) is 12.0. The van der Waals surface area contributed by atoms with Crippen molar-refractivity contribution in [1.29, 1.82) is 0 Å². The summed E-state index contributed by atoms with van der Waals surface area (Å²) in [5.41, 5.74) is 7.02. The molecular formula is C12H15BrFNO. The van der Waals surface area contributed by atoms with E-state index in [0.717, 1.165) is 31.6 Å². The highest BCUT2D eigenvalue weighted by atomic mass is 79.9. The van der Waals surface area contributed by atoms with Crippen LogP contribution in [0.2, 0.25) is 0 Å². The number of hydrogen-bond acceptors (Lipinski definition) is 2. The summed E-state index contributed by atoms with van der Waals surface area (Å²) in [7, 11) is 0. The van der Waals surface area contributed by atoms with Crippen LogP contribution in [0.3, 0.4) is 0 Å². The minimum atomic E-state index is -0.250. The molecule has 4 heteroatoms. The molecule has 0 bridgehead atoms. The molecule has 1 aliphatic rings. The van der Waals surface area contributed by atoms with Gasteiger partial charge >= 0.3 is 0 Å². The second kappa shape index (κ2) is 5.25. The van der Waals surface area contributed by atoms with E-state index in [9.17, 15) is 4.39 Å². The van der Waals surface area contributed by atoms with Crippen molar-refractivity contribution in [2.45, 2.75) is 18.9 Å². The molecule has 2 rings (SSSR count). The first-order valence-electron chi connectivity index (χ1n) is 5.47. The van der Waals surface area contributed by atoms with Gasteiger partial charge in [-0.25, -0.2) is 4.39 Å². The summed E-state index contributed by atoms with van der Waals surface area (Å²) in [6.07, 6.45) is 1.91. The molecule has 1 aromatic rings. The Bertz CT molecular complexity index is 366. The van der Waals surface area contributed by atoms with E-state index in [0.29, 0.717) is 10.4 Å². The maximum absolute atomic E-state index is 13.4. The van der Waals surface area contributed by atoms with Gasteiger partial charge in [0.2, 0.25) is 0 Å². The molecule has 1 aliphatic heterocycles. The Morgan fingerprint density at radius 1 is 1.38 bits per heavy atom. The molecule has 2 N–H and O–H groups in total. The molecule has 0 radical (unpaired) electrons. The molecule has 0 unspecified atom stereocenters. The normalized spacial score (nSPS) is 19.7. The van der Waals surface area contributed by atoms with Crippen LogP contribution in [0.5, 0.6) is 0 Å². The fourth-order valence-corrected chi connectivity index (χ4v) is 2.31. The summed E-state index contributed by atoms with van der Waals surface area (Å²) in [6.45, 7) is 1.52. The highest BCUT2D eigenvalue weighted by molar-refractivity contribution is 9.10. The number of rotatable bonds is 2. The van der Waals surface area contributed by atoms with Crippen molar-refractivity contribution in [3.8, 4) is 0 Å². The van der Waals surface area contributed by atoms with E-state index in [1.807, 2.05) is 6.07 Å². The second-order valence-corrected chi connectivity index (χ2v) is 5.00. The maximum Gasteiger partial charge on any atom is 0.137 e. The number of ether oxygens (including phenoxy) is 1. The Hall–Kier alpha value is -0.450. The lowest BCUT2D eigenvalue weighted by Gasteiger charge is -2.27. The summed E-state index contributed by atoms with van der Waals surface area (Å²) in [6, 6.07) is 5.02. The number of nitrogens with two attached hydrogens (primary N) is 1. The van der Waals surface area contributed by atoms with Gasteiger partial charge in [0, 0.05) is 19.3 Å². The third-order valence-electron chi connectivity index (χ3n) is 3.10. The molecule has 1 fully saturated rings. The van der Waals surface area contributed by atoms with Crippen molar-refractivity contribution in [2.75, 3.05) is 13.2 Å². The Morgan fingerprint density at radius 3 is 2.69 bits per heavy atom. The number of halogens is 2. The zero-order valence-corrected chi connectivity index (χ0v) is 10.5. The Morgan fingerprint density at radius 2 is 2.06 bits per heavy atom. The van der Waals surface area contributed by atoms with Crippen LogP contribution >= 0.6 is 15.9 Å². The first-order chi connectivity index (χ1) is 7.68. The van der Waals surface area contributed by atoms with Gasteiger partial charge in [-0.05, 0) is 52.4 Å². The first-order valence-corrected chi connectivity index (χ1v) is 6.26. The summed E-state index contributed by atoms with van der Waals surface area (Å²) in [5.74, 6) is 0.148. The van der Waals surface area contributed by atoms with Crippen LogP contribution in [0, 0.1) is 11.7 Å². The van der Waals surface area contributed by atoms with Crippen molar-refractivity contribution >= 4 is 15.9 Å². The van der Waals surface area contributed by atoms with Gasteiger partial charge < -0.3 is 10.5 Å². The fourth-order valence-electron chi connectivity index (χ4n) is 2.07. The van der Waals surface area contributed by atoms with E-state index in [1.54, 1.807) is 6.07 Å². The fraction of sp³-hybridized carbons (Fsp3) is 0.500. The molecule has 0 amide bonds. The van der Waals surface area contributed by atoms with E-state index in [-0.39, 0.29) is 11.9 Å². The molecule has 1 heterocycles. The molecule has 2 nitrogen and oxygen atoms in total. The SMILES string of the molecule is N[C@H](c1ccc(Br)c(F)c1)C1CCOCC1. The molecule has 0 spiro atoms. The zero-order chi connectivity index (χ0) is 11.5. The van der Waals surface area contributed by atoms with Crippen LogP contribution in [0.1, 0.15) is 24.4 Å². The van der Waals surface area contributed by atoms with Crippen LogP contribution < -0.4 is 5.73 Å². The molecule has 16 heavy (non-hydrogen) atoms. The van der Waals surface area contributed by atoms with Crippen LogP contribution in [-0.2, 0) is 4.74 Å². The Labute approximate surface area is 103 Å². The zero-order valence-electron chi connectivity index (χ0n) is 8.96. The number of hydrogen-bond donors (Lipinski definition) is 1. The maximum atomic E-state index is 13.4. The van der Waals surface area contributed by atoms with E-state index in [1.165, 1.54) is 6.07 Å². The summed E-state index contributed by atoms with van der Waals surface area (Å²) in [4.78, 5) is 0. The van der Waals surface area contributed by atoms with Crippen LogP contribution in [-0.4, -0.2) is 13.2 Å².